The number of esters is 1. The Morgan fingerprint density at radius 1 is 1.48 bits per heavy atom. The lowest BCUT2D eigenvalue weighted by atomic mass is 10.2. The van der Waals surface area contributed by atoms with Gasteiger partial charge in [-0.3, -0.25) is 4.79 Å². The number of rotatable bonds is 5. The second-order valence-corrected chi connectivity index (χ2v) is 3.98. The molecule has 21 heavy (non-hydrogen) atoms. The third-order valence-electron chi connectivity index (χ3n) is 2.64. The van der Waals surface area contributed by atoms with Crippen LogP contribution in [0.15, 0.2) is 31.0 Å². The first-order chi connectivity index (χ1) is 10.2. The van der Waals surface area contributed by atoms with Crippen LogP contribution in [0.25, 0.3) is 5.82 Å². The second-order valence-electron chi connectivity index (χ2n) is 3.98. The monoisotopic (exact) mass is 291 g/mol. The second kappa shape index (κ2) is 6.57. The SMILES string of the molecule is COC(=O)C(CO)NC(=O)c1ccc(-n2cncn2)nc1. The molecule has 0 bridgehead atoms. The number of nitrogens with zero attached hydrogens (tertiary/aromatic N) is 4. The van der Waals surface area contributed by atoms with Crippen molar-refractivity contribution in [1.82, 2.24) is 25.1 Å². The molecular formula is C12H13N5O4. The van der Waals surface area contributed by atoms with E-state index in [-0.39, 0.29) is 5.56 Å². The van der Waals surface area contributed by atoms with E-state index in [1.807, 2.05) is 0 Å². The van der Waals surface area contributed by atoms with Gasteiger partial charge in [-0.15, -0.1) is 0 Å². The lowest BCUT2D eigenvalue weighted by molar-refractivity contribution is -0.143. The first-order valence-corrected chi connectivity index (χ1v) is 5.96. The van der Waals surface area contributed by atoms with E-state index in [1.54, 1.807) is 6.07 Å². The lowest BCUT2D eigenvalue weighted by Gasteiger charge is -2.13. The van der Waals surface area contributed by atoms with Crippen molar-refractivity contribution in [2.75, 3.05) is 13.7 Å². The van der Waals surface area contributed by atoms with E-state index in [1.165, 1.54) is 36.7 Å². The van der Waals surface area contributed by atoms with Gasteiger partial charge in [0.15, 0.2) is 11.9 Å². The van der Waals surface area contributed by atoms with Gasteiger partial charge in [0.05, 0.1) is 19.3 Å². The van der Waals surface area contributed by atoms with Crippen LogP contribution >= 0.6 is 0 Å². The lowest BCUT2D eigenvalue weighted by Crippen LogP contribution is -2.44. The number of ether oxygens (including phenoxy) is 1. The van der Waals surface area contributed by atoms with Crippen molar-refractivity contribution in [2.24, 2.45) is 0 Å². The van der Waals surface area contributed by atoms with Crippen LogP contribution in [-0.4, -0.2) is 56.5 Å². The first-order valence-electron chi connectivity index (χ1n) is 5.96. The van der Waals surface area contributed by atoms with E-state index < -0.39 is 24.5 Å². The van der Waals surface area contributed by atoms with Gasteiger partial charge in [-0.25, -0.2) is 19.4 Å². The third-order valence-corrected chi connectivity index (χ3v) is 2.64. The molecule has 0 spiro atoms. The van der Waals surface area contributed by atoms with E-state index in [4.69, 9.17) is 5.11 Å². The molecule has 0 saturated heterocycles. The Bertz CT molecular complexity index is 611. The fourth-order valence-corrected chi connectivity index (χ4v) is 1.55. The normalized spacial score (nSPS) is 11.7. The Labute approximate surface area is 119 Å². The van der Waals surface area contributed by atoms with Crippen LogP contribution in [0.4, 0.5) is 0 Å². The summed E-state index contributed by atoms with van der Waals surface area (Å²) in [5.74, 6) is -0.772. The number of aliphatic hydroxyl groups excluding tert-OH is 1. The first kappa shape index (κ1) is 14.6. The molecule has 2 heterocycles. The van der Waals surface area contributed by atoms with Gasteiger partial charge in [-0.2, -0.15) is 5.10 Å². The molecule has 2 N–H and O–H groups in total. The molecule has 2 rings (SSSR count). The maximum absolute atomic E-state index is 11.9. The number of hydrogen-bond donors (Lipinski definition) is 2. The van der Waals surface area contributed by atoms with Crippen molar-refractivity contribution in [3.8, 4) is 5.82 Å². The molecule has 2 aromatic heterocycles. The van der Waals surface area contributed by atoms with Gasteiger partial charge in [-0.1, -0.05) is 0 Å². The molecule has 9 nitrogen and oxygen atoms in total. The quantitative estimate of drug-likeness (QED) is 0.673. The van der Waals surface area contributed by atoms with Gasteiger partial charge in [0.2, 0.25) is 0 Å². The minimum absolute atomic E-state index is 0.237. The number of nitrogens with one attached hydrogen (secondary N) is 1. The van der Waals surface area contributed by atoms with Crippen molar-refractivity contribution in [1.29, 1.82) is 0 Å². The van der Waals surface area contributed by atoms with Crippen molar-refractivity contribution in [3.63, 3.8) is 0 Å². The highest BCUT2D eigenvalue weighted by Crippen LogP contribution is 2.04. The van der Waals surface area contributed by atoms with Gasteiger partial charge >= 0.3 is 5.97 Å². The molecule has 0 saturated carbocycles. The zero-order chi connectivity index (χ0) is 15.2. The van der Waals surface area contributed by atoms with Gasteiger partial charge in [0, 0.05) is 6.20 Å². The average Bonchev–Trinajstić information content (AvgIpc) is 3.06. The van der Waals surface area contributed by atoms with Crippen LogP contribution < -0.4 is 5.32 Å². The number of carbonyl (C=O) groups excluding carboxylic acids is 2. The molecule has 2 aromatic rings. The molecule has 1 atom stereocenters. The molecule has 0 aliphatic carbocycles. The molecule has 0 aromatic carbocycles. The van der Waals surface area contributed by atoms with E-state index in [9.17, 15) is 9.59 Å². The number of amides is 1. The van der Waals surface area contributed by atoms with E-state index in [0.29, 0.717) is 5.82 Å². The van der Waals surface area contributed by atoms with Gasteiger partial charge in [-0.05, 0) is 12.1 Å². The summed E-state index contributed by atoms with van der Waals surface area (Å²) in [5, 5.41) is 15.3. The van der Waals surface area contributed by atoms with Crippen LogP contribution in [-0.2, 0) is 9.53 Å². The summed E-state index contributed by atoms with van der Waals surface area (Å²) < 4.78 is 5.90. The average molecular weight is 291 g/mol. The minimum Gasteiger partial charge on any atom is -0.467 e. The molecule has 0 fully saturated rings. The number of aromatic nitrogens is 4. The Morgan fingerprint density at radius 3 is 2.81 bits per heavy atom. The standard InChI is InChI=1S/C12H13N5O4/c1-21-12(20)9(5-18)16-11(19)8-2-3-10(14-4-8)17-7-13-6-15-17/h2-4,6-7,9,18H,5H2,1H3,(H,16,19). The largest absolute Gasteiger partial charge is 0.467 e. The summed E-state index contributed by atoms with van der Waals surface area (Å²) in [7, 11) is 1.17. The van der Waals surface area contributed by atoms with Crippen molar-refractivity contribution in [3.05, 3.63) is 36.5 Å². The fraction of sp³-hybridized carbons (Fsp3) is 0.250. The van der Waals surface area contributed by atoms with E-state index in [2.05, 4.69) is 25.1 Å². The van der Waals surface area contributed by atoms with Gasteiger partial charge in [0.25, 0.3) is 5.91 Å². The highest BCUT2D eigenvalue weighted by atomic mass is 16.5. The smallest absolute Gasteiger partial charge is 0.330 e. The van der Waals surface area contributed by atoms with Crippen LogP contribution in [0.2, 0.25) is 0 Å². The maximum atomic E-state index is 11.9. The number of aliphatic hydroxyl groups is 1. The fourth-order valence-electron chi connectivity index (χ4n) is 1.55. The summed E-state index contributed by atoms with van der Waals surface area (Å²) in [6.07, 6.45) is 4.17. The van der Waals surface area contributed by atoms with Crippen molar-refractivity contribution in [2.45, 2.75) is 6.04 Å². The summed E-state index contributed by atoms with van der Waals surface area (Å²) in [5.41, 5.74) is 0.237. The maximum Gasteiger partial charge on any atom is 0.330 e. The topological polar surface area (TPSA) is 119 Å². The minimum atomic E-state index is -1.11. The van der Waals surface area contributed by atoms with Gasteiger partial charge < -0.3 is 15.2 Å². The summed E-state index contributed by atoms with van der Waals surface area (Å²) in [4.78, 5) is 31.1. The molecule has 0 radical (unpaired) electrons. The summed E-state index contributed by atoms with van der Waals surface area (Å²) in [6.45, 7) is -0.553. The van der Waals surface area contributed by atoms with Crippen molar-refractivity contribution >= 4 is 11.9 Å². The molecule has 9 heteroatoms. The highest BCUT2D eigenvalue weighted by Gasteiger charge is 2.21. The molecule has 1 amide bonds. The highest BCUT2D eigenvalue weighted by molar-refractivity contribution is 5.96. The van der Waals surface area contributed by atoms with Gasteiger partial charge in [0.1, 0.15) is 12.7 Å². The molecular weight excluding hydrogens is 278 g/mol. The molecule has 110 valence electrons. The Morgan fingerprint density at radius 2 is 2.29 bits per heavy atom. The number of carbonyl (C=O) groups is 2. The molecule has 0 aliphatic rings. The predicted molar refractivity (Wildman–Crippen MR) is 69.5 cm³/mol. The number of pyridine rings is 1. The van der Waals surface area contributed by atoms with Crippen LogP contribution in [0, 0.1) is 0 Å². The Kier molecular flexibility index (Phi) is 4.57. The van der Waals surface area contributed by atoms with Crippen LogP contribution in [0.1, 0.15) is 10.4 Å². The summed E-state index contributed by atoms with van der Waals surface area (Å²) >= 11 is 0. The number of methoxy groups -OCH3 is 1. The van der Waals surface area contributed by atoms with E-state index >= 15 is 0 Å². The zero-order valence-electron chi connectivity index (χ0n) is 11.1. The Hall–Kier alpha value is -2.81. The summed E-state index contributed by atoms with van der Waals surface area (Å²) in [6, 6.07) is 1.98. The number of hydrogen-bond acceptors (Lipinski definition) is 7. The Balaban J connectivity index is 2.08. The third kappa shape index (κ3) is 3.39. The predicted octanol–water partition coefficient (Wildman–Crippen LogP) is -1.07. The van der Waals surface area contributed by atoms with E-state index in [0.717, 1.165) is 0 Å². The zero-order valence-corrected chi connectivity index (χ0v) is 11.1. The van der Waals surface area contributed by atoms with Crippen molar-refractivity contribution < 1.29 is 19.4 Å². The van der Waals surface area contributed by atoms with Crippen LogP contribution in [0.3, 0.4) is 0 Å². The van der Waals surface area contributed by atoms with Crippen LogP contribution in [0.5, 0.6) is 0 Å². The molecule has 1 unspecified atom stereocenters. The molecule has 0 aliphatic heterocycles.